The summed E-state index contributed by atoms with van der Waals surface area (Å²) in [7, 11) is 3.13. The molecule has 0 spiro atoms. The molecule has 0 N–H and O–H groups in total. The third-order valence-electron chi connectivity index (χ3n) is 1.93. The number of carbonyl (C=O) groups is 2. The molecule has 7 nitrogen and oxygen atoms in total. The van der Waals surface area contributed by atoms with Gasteiger partial charge >= 0.3 is 12.1 Å². The van der Waals surface area contributed by atoms with Crippen LogP contribution < -0.4 is 4.80 Å². The summed E-state index contributed by atoms with van der Waals surface area (Å²) in [5, 5.41) is 4.69. The maximum absolute atomic E-state index is 11.7. The number of hydrogen-bond donors (Lipinski definition) is 0. The Morgan fingerprint density at radius 2 is 2.26 bits per heavy atom. The van der Waals surface area contributed by atoms with E-state index in [1.165, 1.54) is 4.90 Å². The minimum atomic E-state index is -0.751. The molecule has 1 aromatic rings. The van der Waals surface area contributed by atoms with Crippen LogP contribution in [0.1, 0.15) is 11.9 Å². The van der Waals surface area contributed by atoms with Gasteiger partial charge in [-0.1, -0.05) is 24.2 Å². The topological polar surface area (TPSA) is 76.8 Å². The third kappa shape index (κ3) is 3.93. The van der Waals surface area contributed by atoms with Gasteiger partial charge in [0.1, 0.15) is 5.01 Å². The first kappa shape index (κ1) is 14.9. The van der Waals surface area contributed by atoms with Crippen LogP contribution in [0.4, 0.5) is 9.59 Å². The molecule has 1 aromatic heterocycles. The van der Waals surface area contributed by atoms with Crippen LogP contribution in [0.5, 0.6) is 0 Å². The van der Waals surface area contributed by atoms with E-state index in [0.29, 0.717) is 11.4 Å². The molecule has 0 aliphatic carbocycles. The van der Waals surface area contributed by atoms with Gasteiger partial charge in [0, 0.05) is 14.1 Å². The van der Waals surface area contributed by atoms with Gasteiger partial charge in [0.25, 0.3) is 0 Å². The zero-order chi connectivity index (χ0) is 14.4. The second-order valence-electron chi connectivity index (χ2n) is 3.59. The van der Waals surface area contributed by atoms with Crippen LogP contribution in [0.2, 0.25) is 0 Å². The summed E-state index contributed by atoms with van der Waals surface area (Å²) in [5.74, 6) is 2.18. The van der Waals surface area contributed by atoms with Gasteiger partial charge < -0.3 is 9.64 Å². The average Bonchev–Trinajstić information content (AvgIpc) is 2.78. The van der Waals surface area contributed by atoms with Crippen LogP contribution in [0.25, 0.3) is 0 Å². The summed E-state index contributed by atoms with van der Waals surface area (Å²) in [4.78, 5) is 28.5. The monoisotopic (exact) mass is 282 g/mol. The highest BCUT2D eigenvalue weighted by Gasteiger charge is 2.14. The zero-order valence-corrected chi connectivity index (χ0v) is 11.7. The summed E-state index contributed by atoms with van der Waals surface area (Å²) in [6.45, 7) is 1.72. The van der Waals surface area contributed by atoms with Crippen molar-refractivity contribution in [2.24, 2.45) is 4.99 Å². The molecule has 1 rings (SSSR count). The van der Waals surface area contributed by atoms with Gasteiger partial charge in [-0.25, -0.2) is 9.59 Å². The minimum Gasteiger partial charge on any atom is -0.435 e. The number of nitrogens with zero attached hydrogens (tertiary/aromatic N) is 4. The van der Waals surface area contributed by atoms with Gasteiger partial charge in [-0.15, -0.1) is 11.1 Å². The van der Waals surface area contributed by atoms with Crippen molar-refractivity contribution in [2.45, 2.75) is 13.3 Å². The molecular formula is C11H14N4O3S. The van der Waals surface area contributed by atoms with Gasteiger partial charge in [0.2, 0.25) is 4.80 Å². The molecule has 0 saturated carbocycles. The molecule has 0 radical (unpaired) electrons. The fraction of sp³-hybridized carbons (Fsp3) is 0.455. The van der Waals surface area contributed by atoms with Crippen molar-refractivity contribution in [1.82, 2.24) is 14.7 Å². The fourth-order valence-corrected chi connectivity index (χ4v) is 1.80. The first-order valence-corrected chi connectivity index (χ1v) is 6.26. The molecule has 102 valence electrons. The standard InChI is InChI=1S/C11H14N4O3S/c1-5-7-18-11(17)15-10(12-9(16)14(3)4)19-8(6-2)13-15/h1H,6-7H2,2-4H3. The number of carbonyl (C=O) groups excluding carboxylic acids is 2. The molecule has 1 heterocycles. The lowest BCUT2D eigenvalue weighted by Gasteiger charge is -2.04. The average molecular weight is 282 g/mol. The lowest BCUT2D eigenvalue weighted by Crippen LogP contribution is -2.29. The van der Waals surface area contributed by atoms with Gasteiger partial charge in [0.15, 0.2) is 6.61 Å². The van der Waals surface area contributed by atoms with E-state index in [2.05, 4.69) is 16.0 Å². The predicted molar refractivity (Wildman–Crippen MR) is 69.7 cm³/mol. The van der Waals surface area contributed by atoms with Crippen LogP contribution >= 0.6 is 11.3 Å². The van der Waals surface area contributed by atoms with Crippen LogP contribution in [0.3, 0.4) is 0 Å². The summed E-state index contributed by atoms with van der Waals surface area (Å²) < 4.78 is 5.71. The number of aryl methyl sites for hydroxylation is 1. The van der Waals surface area contributed by atoms with Crippen molar-refractivity contribution in [1.29, 1.82) is 0 Å². The lowest BCUT2D eigenvalue weighted by atomic mass is 10.5. The number of urea groups is 1. The number of aromatic nitrogens is 2. The maximum Gasteiger partial charge on any atom is 0.438 e. The van der Waals surface area contributed by atoms with E-state index in [4.69, 9.17) is 11.2 Å². The molecule has 19 heavy (non-hydrogen) atoms. The van der Waals surface area contributed by atoms with E-state index in [0.717, 1.165) is 16.0 Å². The van der Waals surface area contributed by atoms with Gasteiger partial charge in [-0.3, -0.25) is 0 Å². The summed E-state index contributed by atoms with van der Waals surface area (Å²) in [6.07, 6.45) is 4.88. The molecule has 0 aliphatic heterocycles. The van der Waals surface area contributed by atoms with Crippen LogP contribution in [0.15, 0.2) is 4.99 Å². The Morgan fingerprint density at radius 3 is 2.79 bits per heavy atom. The Morgan fingerprint density at radius 1 is 1.58 bits per heavy atom. The first-order valence-electron chi connectivity index (χ1n) is 5.45. The van der Waals surface area contributed by atoms with Crippen molar-refractivity contribution in [2.75, 3.05) is 20.7 Å². The van der Waals surface area contributed by atoms with Crippen molar-refractivity contribution < 1.29 is 14.3 Å². The second-order valence-corrected chi connectivity index (χ2v) is 4.63. The van der Waals surface area contributed by atoms with Gasteiger partial charge in [0.05, 0.1) is 0 Å². The number of rotatable bonds is 2. The van der Waals surface area contributed by atoms with E-state index < -0.39 is 12.1 Å². The predicted octanol–water partition coefficient (Wildman–Crippen LogP) is 0.707. The van der Waals surface area contributed by atoms with Crippen LogP contribution in [-0.4, -0.2) is 47.5 Å². The fourth-order valence-electron chi connectivity index (χ4n) is 1.00. The Hall–Kier alpha value is -2.14. The Bertz CT molecular complexity index is 579. The number of terminal acetylenes is 1. The second kappa shape index (κ2) is 6.70. The lowest BCUT2D eigenvalue weighted by molar-refractivity contribution is 0.157. The Kier molecular flexibility index (Phi) is 5.26. The van der Waals surface area contributed by atoms with Crippen molar-refractivity contribution in [3.8, 4) is 12.3 Å². The van der Waals surface area contributed by atoms with Crippen LogP contribution in [-0.2, 0) is 11.2 Å². The van der Waals surface area contributed by atoms with E-state index in [1.807, 2.05) is 6.92 Å². The summed E-state index contributed by atoms with van der Waals surface area (Å²) in [6, 6.07) is -0.482. The first-order chi connectivity index (χ1) is 8.99. The zero-order valence-electron chi connectivity index (χ0n) is 10.9. The van der Waals surface area contributed by atoms with Crippen LogP contribution in [0, 0.1) is 12.3 Å². The molecule has 0 aliphatic rings. The molecule has 2 amide bonds. The molecule has 0 unspecified atom stereocenters. The largest absolute Gasteiger partial charge is 0.438 e. The van der Waals surface area contributed by atoms with E-state index >= 15 is 0 Å². The third-order valence-corrected chi connectivity index (χ3v) is 2.98. The summed E-state index contributed by atoms with van der Waals surface area (Å²) >= 11 is 1.15. The Balaban J connectivity index is 3.17. The molecule has 0 atom stereocenters. The molecule has 8 heteroatoms. The number of ether oxygens (including phenoxy) is 1. The quantitative estimate of drug-likeness (QED) is 0.748. The maximum atomic E-state index is 11.7. The highest BCUT2D eigenvalue weighted by molar-refractivity contribution is 7.08. The highest BCUT2D eigenvalue weighted by Crippen LogP contribution is 2.00. The molecular weight excluding hydrogens is 268 g/mol. The Labute approximate surface area is 114 Å². The van der Waals surface area contributed by atoms with E-state index in [1.54, 1.807) is 14.1 Å². The highest BCUT2D eigenvalue weighted by atomic mass is 32.1. The minimum absolute atomic E-state index is 0.161. The molecule has 0 aromatic carbocycles. The molecule has 0 bridgehead atoms. The van der Waals surface area contributed by atoms with Gasteiger partial charge in [-0.05, 0) is 6.42 Å². The summed E-state index contributed by atoms with van der Waals surface area (Å²) in [5.41, 5.74) is 0. The normalized spacial score (nSPS) is 10.9. The molecule has 0 saturated heterocycles. The molecule has 0 fully saturated rings. The SMILES string of the molecule is C#CCOC(=O)n1nc(CC)sc1=NC(=O)N(C)C. The van der Waals surface area contributed by atoms with E-state index in [-0.39, 0.29) is 11.4 Å². The van der Waals surface area contributed by atoms with Crippen molar-refractivity contribution in [3.05, 3.63) is 9.81 Å². The van der Waals surface area contributed by atoms with E-state index in [9.17, 15) is 9.59 Å². The number of hydrogen-bond acceptors (Lipinski definition) is 5. The van der Waals surface area contributed by atoms with Crippen molar-refractivity contribution >= 4 is 23.5 Å². The van der Waals surface area contributed by atoms with Crippen molar-refractivity contribution in [3.63, 3.8) is 0 Å². The van der Waals surface area contributed by atoms with Gasteiger partial charge in [-0.2, -0.15) is 10.1 Å². The smallest absolute Gasteiger partial charge is 0.435 e. The number of amides is 2.